The van der Waals surface area contributed by atoms with Crippen LogP contribution in [-0.4, -0.2) is 10.1 Å². The molecular formula is C12H12BrNOS. The maximum Gasteiger partial charge on any atom is 0.0975 e. The minimum Gasteiger partial charge on any atom is -0.391 e. The minimum absolute atomic E-state index is 0.0871. The highest BCUT2D eigenvalue weighted by atomic mass is 79.9. The number of aryl methyl sites for hydroxylation is 1. The summed E-state index contributed by atoms with van der Waals surface area (Å²) >= 11 is 5.00. The summed E-state index contributed by atoms with van der Waals surface area (Å²) in [7, 11) is 0. The van der Waals surface area contributed by atoms with Gasteiger partial charge in [-0.1, -0.05) is 28.1 Å². The molecule has 0 spiro atoms. The molecule has 2 nitrogen and oxygen atoms in total. The smallest absolute Gasteiger partial charge is 0.0975 e. The lowest BCUT2D eigenvalue weighted by Gasteiger charge is -1.97. The van der Waals surface area contributed by atoms with Gasteiger partial charge in [0.25, 0.3) is 0 Å². The van der Waals surface area contributed by atoms with Crippen molar-refractivity contribution in [3.05, 3.63) is 49.9 Å². The third-order valence-corrected chi connectivity index (χ3v) is 4.02. The van der Waals surface area contributed by atoms with Gasteiger partial charge in [0.05, 0.1) is 22.2 Å². The van der Waals surface area contributed by atoms with Crippen molar-refractivity contribution in [2.45, 2.75) is 20.0 Å². The molecule has 0 amide bonds. The summed E-state index contributed by atoms with van der Waals surface area (Å²) in [6.07, 6.45) is 0.832. The van der Waals surface area contributed by atoms with E-state index >= 15 is 0 Å². The molecule has 1 aromatic carbocycles. The van der Waals surface area contributed by atoms with Gasteiger partial charge in [0.15, 0.2) is 0 Å². The van der Waals surface area contributed by atoms with E-state index in [0.717, 1.165) is 26.5 Å². The predicted octanol–water partition coefficient (Wildman–Crippen LogP) is 3.30. The second kappa shape index (κ2) is 5.08. The third kappa shape index (κ3) is 2.70. The van der Waals surface area contributed by atoms with E-state index in [1.54, 1.807) is 11.3 Å². The molecule has 16 heavy (non-hydrogen) atoms. The van der Waals surface area contributed by atoms with Gasteiger partial charge in [-0.05, 0) is 24.6 Å². The highest BCUT2D eigenvalue weighted by molar-refractivity contribution is 9.10. The third-order valence-electron chi connectivity index (χ3n) is 2.35. The van der Waals surface area contributed by atoms with Gasteiger partial charge in [-0.15, -0.1) is 11.3 Å². The SMILES string of the molecule is Cc1nc(Cc2ccc(Br)cc2)sc1CO. The maximum absolute atomic E-state index is 9.10. The number of aromatic nitrogens is 1. The summed E-state index contributed by atoms with van der Waals surface area (Å²) in [6.45, 7) is 2.02. The van der Waals surface area contributed by atoms with Crippen LogP contribution in [0.15, 0.2) is 28.7 Å². The topological polar surface area (TPSA) is 33.1 Å². The van der Waals surface area contributed by atoms with Crippen molar-refractivity contribution in [1.82, 2.24) is 4.98 Å². The highest BCUT2D eigenvalue weighted by Gasteiger charge is 2.06. The Morgan fingerprint density at radius 3 is 2.56 bits per heavy atom. The van der Waals surface area contributed by atoms with E-state index in [2.05, 4.69) is 33.0 Å². The Bertz CT molecular complexity index is 478. The van der Waals surface area contributed by atoms with Gasteiger partial charge in [-0.3, -0.25) is 0 Å². The van der Waals surface area contributed by atoms with Crippen LogP contribution in [0.1, 0.15) is 21.1 Å². The van der Waals surface area contributed by atoms with Gasteiger partial charge in [0, 0.05) is 10.9 Å². The Morgan fingerprint density at radius 2 is 2.00 bits per heavy atom. The van der Waals surface area contributed by atoms with Crippen molar-refractivity contribution in [1.29, 1.82) is 0 Å². The summed E-state index contributed by atoms with van der Waals surface area (Å²) in [5.41, 5.74) is 2.18. The number of rotatable bonds is 3. The first-order valence-corrected chi connectivity index (χ1v) is 6.60. The van der Waals surface area contributed by atoms with Crippen LogP contribution in [0.25, 0.3) is 0 Å². The van der Waals surface area contributed by atoms with Gasteiger partial charge < -0.3 is 5.11 Å². The number of thiazole rings is 1. The van der Waals surface area contributed by atoms with E-state index in [4.69, 9.17) is 5.11 Å². The van der Waals surface area contributed by atoms with Crippen LogP contribution in [0, 0.1) is 6.92 Å². The van der Waals surface area contributed by atoms with Crippen molar-refractivity contribution in [3.63, 3.8) is 0 Å². The van der Waals surface area contributed by atoms with Crippen molar-refractivity contribution < 1.29 is 5.11 Å². The molecule has 0 aliphatic rings. The van der Waals surface area contributed by atoms with Gasteiger partial charge in [-0.2, -0.15) is 0 Å². The fourth-order valence-corrected chi connectivity index (χ4v) is 2.72. The molecule has 1 N–H and O–H groups in total. The number of halogens is 1. The number of aliphatic hydroxyl groups excluding tert-OH is 1. The van der Waals surface area contributed by atoms with Gasteiger partial charge >= 0.3 is 0 Å². The van der Waals surface area contributed by atoms with Crippen LogP contribution >= 0.6 is 27.3 Å². The van der Waals surface area contributed by atoms with Crippen LogP contribution < -0.4 is 0 Å². The zero-order valence-corrected chi connectivity index (χ0v) is 11.3. The highest BCUT2D eigenvalue weighted by Crippen LogP contribution is 2.21. The maximum atomic E-state index is 9.10. The minimum atomic E-state index is 0.0871. The average molecular weight is 298 g/mol. The molecule has 0 radical (unpaired) electrons. The van der Waals surface area contributed by atoms with Crippen molar-refractivity contribution >= 4 is 27.3 Å². The Kier molecular flexibility index (Phi) is 3.74. The van der Waals surface area contributed by atoms with Gasteiger partial charge in [-0.25, -0.2) is 4.98 Å². The van der Waals surface area contributed by atoms with E-state index < -0.39 is 0 Å². The second-order valence-electron chi connectivity index (χ2n) is 3.58. The normalized spacial score (nSPS) is 10.7. The van der Waals surface area contributed by atoms with E-state index in [1.807, 2.05) is 19.1 Å². The van der Waals surface area contributed by atoms with E-state index in [9.17, 15) is 0 Å². The molecule has 0 saturated heterocycles. The summed E-state index contributed by atoms with van der Waals surface area (Å²) in [4.78, 5) is 5.41. The first-order chi connectivity index (χ1) is 7.69. The van der Waals surface area contributed by atoms with Crippen molar-refractivity contribution in [2.24, 2.45) is 0 Å². The Labute approximate surface area is 107 Å². The number of nitrogens with zero attached hydrogens (tertiary/aromatic N) is 1. The Balaban J connectivity index is 2.17. The van der Waals surface area contributed by atoms with Crippen molar-refractivity contribution in [3.8, 4) is 0 Å². The van der Waals surface area contributed by atoms with Crippen LogP contribution in [0.3, 0.4) is 0 Å². The number of aliphatic hydroxyl groups is 1. The van der Waals surface area contributed by atoms with E-state index in [1.165, 1.54) is 5.56 Å². The van der Waals surface area contributed by atoms with Gasteiger partial charge in [0.1, 0.15) is 0 Å². The molecule has 0 aliphatic carbocycles. The molecule has 0 aliphatic heterocycles. The lowest BCUT2D eigenvalue weighted by atomic mass is 10.2. The first kappa shape index (κ1) is 11.8. The molecule has 0 saturated carbocycles. The summed E-state index contributed by atoms with van der Waals surface area (Å²) in [5.74, 6) is 0. The summed E-state index contributed by atoms with van der Waals surface area (Å²) < 4.78 is 1.09. The molecule has 4 heteroatoms. The molecule has 84 valence electrons. The van der Waals surface area contributed by atoms with Crippen LogP contribution in [-0.2, 0) is 13.0 Å². The fraction of sp³-hybridized carbons (Fsp3) is 0.250. The molecular weight excluding hydrogens is 286 g/mol. The van der Waals surface area contributed by atoms with Crippen LogP contribution in [0.2, 0.25) is 0 Å². The molecule has 0 bridgehead atoms. The van der Waals surface area contributed by atoms with E-state index in [0.29, 0.717) is 0 Å². The van der Waals surface area contributed by atoms with Gasteiger partial charge in [0.2, 0.25) is 0 Å². The summed E-state index contributed by atoms with van der Waals surface area (Å²) in [6, 6.07) is 8.23. The molecule has 2 rings (SSSR count). The Morgan fingerprint density at radius 1 is 1.31 bits per heavy atom. The standard InChI is InChI=1S/C12H12BrNOS/c1-8-11(7-15)16-12(14-8)6-9-2-4-10(13)5-3-9/h2-5,15H,6-7H2,1H3. The first-order valence-electron chi connectivity index (χ1n) is 4.99. The summed E-state index contributed by atoms with van der Waals surface area (Å²) in [5, 5.41) is 10.2. The quantitative estimate of drug-likeness (QED) is 0.943. The number of benzene rings is 1. The van der Waals surface area contributed by atoms with Crippen LogP contribution in [0.5, 0.6) is 0 Å². The lowest BCUT2D eigenvalue weighted by Crippen LogP contribution is -1.86. The van der Waals surface area contributed by atoms with E-state index in [-0.39, 0.29) is 6.61 Å². The lowest BCUT2D eigenvalue weighted by molar-refractivity contribution is 0.284. The van der Waals surface area contributed by atoms with Crippen molar-refractivity contribution in [2.75, 3.05) is 0 Å². The largest absolute Gasteiger partial charge is 0.391 e. The molecule has 0 fully saturated rings. The molecule has 1 aromatic heterocycles. The second-order valence-corrected chi connectivity index (χ2v) is 5.66. The average Bonchev–Trinajstić information content (AvgIpc) is 2.62. The monoisotopic (exact) mass is 297 g/mol. The number of hydrogen-bond acceptors (Lipinski definition) is 3. The number of hydrogen-bond donors (Lipinski definition) is 1. The Hall–Kier alpha value is -0.710. The zero-order valence-electron chi connectivity index (χ0n) is 8.90. The molecule has 0 atom stereocenters. The molecule has 0 unspecified atom stereocenters. The molecule has 1 heterocycles. The fourth-order valence-electron chi connectivity index (χ4n) is 1.49. The van der Waals surface area contributed by atoms with Crippen LogP contribution in [0.4, 0.5) is 0 Å². The zero-order chi connectivity index (χ0) is 11.5. The predicted molar refractivity (Wildman–Crippen MR) is 69.7 cm³/mol. The molecule has 2 aromatic rings.